The number of aliphatic hydroxyl groups excluding tert-OH is 1. The summed E-state index contributed by atoms with van der Waals surface area (Å²) in [7, 11) is 3.25. The van der Waals surface area contributed by atoms with Crippen molar-refractivity contribution in [1.82, 2.24) is 5.32 Å². The maximum atomic E-state index is 9.88. The van der Waals surface area contributed by atoms with Crippen LogP contribution in [0.1, 0.15) is 5.56 Å². The Morgan fingerprint density at radius 2 is 2.00 bits per heavy atom. The summed E-state index contributed by atoms with van der Waals surface area (Å²) in [5.41, 5.74) is 1.15. The molecule has 0 aliphatic carbocycles. The first-order valence-corrected chi connectivity index (χ1v) is 8.37. The van der Waals surface area contributed by atoms with Crippen molar-refractivity contribution in [3.8, 4) is 16.6 Å². The predicted octanol–water partition coefficient (Wildman–Crippen LogP) is 2.34. The van der Waals surface area contributed by atoms with Gasteiger partial charge in [-0.1, -0.05) is 6.07 Å². The minimum absolute atomic E-state index is 0.296. The zero-order chi connectivity index (χ0) is 16.5. The summed E-state index contributed by atoms with van der Waals surface area (Å²) < 4.78 is 16.0. The van der Waals surface area contributed by atoms with Crippen molar-refractivity contribution in [2.45, 2.75) is 12.5 Å². The van der Waals surface area contributed by atoms with Crippen LogP contribution in [0.4, 0.5) is 0 Å². The van der Waals surface area contributed by atoms with Crippen LogP contribution in [0, 0.1) is 0 Å². The van der Waals surface area contributed by atoms with Gasteiger partial charge in [-0.15, -0.1) is 11.3 Å². The first kappa shape index (κ1) is 17.6. The van der Waals surface area contributed by atoms with E-state index >= 15 is 0 Å². The maximum Gasteiger partial charge on any atom is 0.173 e. The van der Waals surface area contributed by atoms with Gasteiger partial charge >= 0.3 is 0 Å². The molecule has 1 aromatic heterocycles. The molecular weight excluding hydrogens is 314 g/mol. The van der Waals surface area contributed by atoms with Crippen molar-refractivity contribution in [1.29, 1.82) is 0 Å². The summed E-state index contributed by atoms with van der Waals surface area (Å²) >= 11 is 1.52. The monoisotopic (exact) mass is 337 g/mol. The molecule has 0 saturated carbocycles. The lowest BCUT2D eigenvalue weighted by Crippen LogP contribution is -2.32. The lowest BCUT2D eigenvalue weighted by molar-refractivity contribution is 0.108. The second-order valence-electron chi connectivity index (χ2n) is 5.04. The average Bonchev–Trinajstić information content (AvgIpc) is 3.10. The van der Waals surface area contributed by atoms with Gasteiger partial charge in [0.05, 0.1) is 14.2 Å². The number of nitrogens with one attached hydrogen (secondary N) is 1. The molecule has 23 heavy (non-hydrogen) atoms. The number of rotatable bonds is 10. The van der Waals surface area contributed by atoms with Gasteiger partial charge in [-0.2, -0.15) is 0 Å². The molecule has 1 atom stereocenters. The van der Waals surface area contributed by atoms with Crippen LogP contribution in [0.5, 0.6) is 16.6 Å². The summed E-state index contributed by atoms with van der Waals surface area (Å²) in [5, 5.41) is 15.9. The number of methoxy groups -OCH3 is 2. The van der Waals surface area contributed by atoms with Gasteiger partial charge in [0.1, 0.15) is 12.7 Å². The molecule has 0 amide bonds. The Morgan fingerprint density at radius 1 is 1.17 bits per heavy atom. The number of benzene rings is 1. The molecule has 2 rings (SSSR count). The van der Waals surface area contributed by atoms with Gasteiger partial charge in [0.2, 0.25) is 0 Å². The van der Waals surface area contributed by atoms with Crippen LogP contribution in [0.15, 0.2) is 35.7 Å². The quantitative estimate of drug-likeness (QED) is 0.652. The second kappa shape index (κ2) is 9.39. The van der Waals surface area contributed by atoms with E-state index in [-0.39, 0.29) is 0 Å². The standard InChI is InChI=1S/C17H23NO4S/c1-20-15-6-5-13(10-16(15)21-2)7-8-18-11-14(19)12-22-17-4-3-9-23-17/h3-6,9-10,14,18-19H,7-8,11-12H2,1-2H3. The molecule has 0 bridgehead atoms. The Kier molecular flexibility index (Phi) is 7.19. The second-order valence-corrected chi connectivity index (χ2v) is 5.95. The first-order valence-electron chi connectivity index (χ1n) is 7.49. The summed E-state index contributed by atoms with van der Waals surface area (Å²) in [5.74, 6) is 1.46. The van der Waals surface area contributed by atoms with E-state index in [1.54, 1.807) is 14.2 Å². The lowest BCUT2D eigenvalue weighted by atomic mass is 10.1. The molecule has 6 heteroatoms. The van der Waals surface area contributed by atoms with Crippen molar-refractivity contribution in [3.63, 3.8) is 0 Å². The minimum Gasteiger partial charge on any atom is -0.493 e. The fourth-order valence-corrected chi connectivity index (χ4v) is 2.70. The average molecular weight is 337 g/mol. The van der Waals surface area contributed by atoms with Gasteiger partial charge in [0.25, 0.3) is 0 Å². The molecular formula is C17H23NO4S. The molecule has 0 aliphatic heterocycles. The zero-order valence-corrected chi connectivity index (χ0v) is 14.3. The molecule has 0 spiro atoms. The molecule has 2 aromatic rings. The molecule has 0 saturated heterocycles. The van der Waals surface area contributed by atoms with Crippen molar-refractivity contribution in [2.24, 2.45) is 0 Å². The van der Waals surface area contributed by atoms with E-state index in [9.17, 15) is 5.11 Å². The van der Waals surface area contributed by atoms with E-state index in [1.165, 1.54) is 11.3 Å². The molecule has 0 aliphatic rings. The Balaban J connectivity index is 1.66. The Hall–Kier alpha value is -1.76. The van der Waals surface area contributed by atoms with Crippen LogP contribution in [-0.4, -0.2) is 45.1 Å². The molecule has 0 fully saturated rings. The van der Waals surface area contributed by atoms with Gasteiger partial charge in [0.15, 0.2) is 16.6 Å². The molecule has 1 unspecified atom stereocenters. The summed E-state index contributed by atoms with van der Waals surface area (Å²) in [6.07, 6.45) is 0.321. The third-order valence-electron chi connectivity index (χ3n) is 3.33. The molecule has 126 valence electrons. The van der Waals surface area contributed by atoms with E-state index in [1.807, 2.05) is 35.7 Å². The van der Waals surface area contributed by atoms with Crippen LogP contribution >= 0.6 is 11.3 Å². The van der Waals surface area contributed by atoms with Crippen molar-refractivity contribution in [2.75, 3.05) is 33.9 Å². The maximum absolute atomic E-state index is 9.88. The minimum atomic E-state index is -0.525. The number of thiophene rings is 1. The summed E-state index contributed by atoms with van der Waals surface area (Å²) in [4.78, 5) is 0. The Labute approximate surface area is 140 Å². The highest BCUT2D eigenvalue weighted by Gasteiger charge is 2.07. The van der Waals surface area contributed by atoms with Crippen LogP contribution in [-0.2, 0) is 6.42 Å². The van der Waals surface area contributed by atoms with Gasteiger partial charge in [-0.3, -0.25) is 0 Å². The van der Waals surface area contributed by atoms with E-state index in [0.29, 0.717) is 13.2 Å². The summed E-state index contributed by atoms with van der Waals surface area (Å²) in [6, 6.07) is 9.70. The molecule has 2 N–H and O–H groups in total. The Bertz CT molecular complexity index is 574. The lowest BCUT2D eigenvalue weighted by Gasteiger charge is -2.13. The third kappa shape index (κ3) is 5.74. The van der Waals surface area contributed by atoms with Gasteiger partial charge in [-0.25, -0.2) is 0 Å². The van der Waals surface area contributed by atoms with Crippen molar-refractivity contribution < 1.29 is 19.3 Å². The fourth-order valence-electron chi connectivity index (χ4n) is 2.12. The van der Waals surface area contributed by atoms with Crippen LogP contribution in [0.25, 0.3) is 0 Å². The Morgan fingerprint density at radius 3 is 2.70 bits per heavy atom. The normalized spacial score (nSPS) is 12.0. The molecule has 5 nitrogen and oxygen atoms in total. The van der Waals surface area contributed by atoms with Crippen LogP contribution in [0.3, 0.4) is 0 Å². The summed E-state index contributed by atoms with van der Waals surface area (Å²) in [6.45, 7) is 1.56. The molecule has 1 heterocycles. The first-order chi connectivity index (χ1) is 11.2. The van der Waals surface area contributed by atoms with Crippen molar-refractivity contribution in [3.05, 3.63) is 41.3 Å². The topological polar surface area (TPSA) is 60.0 Å². The number of aliphatic hydroxyl groups is 1. The van der Waals surface area contributed by atoms with Gasteiger partial charge in [-0.05, 0) is 48.2 Å². The fraction of sp³-hybridized carbons (Fsp3) is 0.412. The zero-order valence-electron chi connectivity index (χ0n) is 13.5. The number of ether oxygens (including phenoxy) is 3. The highest BCUT2D eigenvalue weighted by Crippen LogP contribution is 2.27. The highest BCUT2D eigenvalue weighted by atomic mass is 32.1. The van der Waals surface area contributed by atoms with Gasteiger partial charge in [0, 0.05) is 6.54 Å². The van der Waals surface area contributed by atoms with E-state index in [2.05, 4.69) is 5.32 Å². The van der Waals surface area contributed by atoms with Crippen molar-refractivity contribution >= 4 is 11.3 Å². The number of hydrogen-bond donors (Lipinski definition) is 2. The largest absolute Gasteiger partial charge is 0.493 e. The molecule has 1 aromatic carbocycles. The smallest absolute Gasteiger partial charge is 0.173 e. The van der Waals surface area contributed by atoms with Crippen LogP contribution < -0.4 is 19.5 Å². The van der Waals surface area contributed by atoms with E-state index in [0.717, 1.165) is 35.1 Å². The van der Waals surface area contributed by atoms with E-state index in [4.69, 9.17) is 14.2 Å². The third-order valence-corrected chi connectivity index (χ3v) is 4.11. The SMILES string of the molecule is COc1ccc(CCNCC(O)COc2cccs2)cc1OC. The van der Waals surface area contributed by atoms with Gasteiger partial charge < -0.3 is 24.6 Å². The number of hydrogen-bond acceptors (Lipinski definition) is 6. The van der Waals surface area contributed by atoms with Crippen LogP contribution in [0.2, 0.25) is 0 Å². The molecule has 0 radical (unpaired) electrons. The van der Waals surface area contributed by atoms with E-state index < -0.39 is 6.10 Å². The highest BCUT2D eigenvalue weighted by molar-refractivity contribution is 7.11. The predicted molar refractivity (Wildman–Crippen MR) is 91.9 cm³/mol.